The number of rotatable bonds is 5. The molecule has 5 nitrogen and oxygen atoms in total. The Kier molecular flexibility index (Phi) is 5.13. The Hall–Kier alpha value is -2.37. The lowest BCUT2D eigenvalue weighted by Crippen LogP contribution is -2.06. The SMILES string of the molecule is O=C(OCc1ccc(Cl)c(Cl)c1)c1ccc(Cn2cncn2)cc1. The van der Waals surface area contributed by atoms with Crippen molar-refractivity contribution in [2.45, 2.75) is 13.2 Å². The van der Waals surface area contributed by atoms with E-state index in [1.54, 1.807) is 41.3 Å². The maximum atomic E-state index is 12.1. The largest absolute Gasteiger partial charge is 0.457 e. The van der Waals surface area contributed by atoms with Crippen molar-refractivity contribution < 1.29 is 9.53 Å². The van der Waals surface area contributed by atoms with Crippen LogP contribution in [0.4, 0.5) is 0 Å². The van der Waals surface area contributed by atoms with E-state index in [-0.39, 0.29) is 6.61 Å². The molecule has 7 heteroatoms. The van der Waals surface area contributed by atoms with Gasteiger partial charge in [-0.3, -0.25) is 0 Å². The summed E-state index contributed by atoms with van der Waals surface area (Å²) < 4.78 is 6.99. The minimum atomic E-state index is -0.395. The predicted octanol–water partition coefficient (Wildman–Crippen LogP) is 3.99. The Bertz CT molecular complexity index is 834. The standard InChI is InChI=1S/C17H13Cl2N3O2/c18-15-6-3-13(7-16(15)19)9-24-17(23)14-4-1-12(2-5-14)8-22-11-20-10-21-22/h1-7,10-11H,8-9H2. The number of carbonyl (C=O) groups is 1. The summed E-state index contributed by atoms with van der Waals surface area (Å²) in [6.07, 6.45) is 3.12. The molecule has 0 aliphatic rings. The first kappa shape index (κ1) is 16.5. The van der Waals surface area contributed by atoms with Crippen LogP contribution in [0.1, 0.15) is 21.5 Å². The number of halogens is 2. The molecule has 0 amide bonds. The first-order valence-corrected chi connectivity index (χ1v) is 7.90. The lowest BCUT2D eigenvalue weighted by atomic mass is 10.1. The predicted molar refractivity (Wildman–Crippen MR) is 91.1 cm³/mol. The Morgan fingerprint density at radius 1 is 1.04 bits per heavy atom. The van der Waals surface area contributed by atoms with Crippen LogP contribution in [-0.4, -0.2) is 20.7 Å². The van der Waals surface area contributed by atoms with Crippen LogP contribution in [0.25, 0.3) is 0 Å². The third kappa shape index (κ3) is 4.13. The van der Waals surface area contributed by atoms with E-state index in [2.05, 4.69) is 10.1 Å². The molecule has 0 aliphatic heterocycles. The third-order valence-electron chi connectivity index (χ3n) is 3.35. The highest BCUT2D eigenvalue weighted by atomic mass is 35.5. The van der Waals surface area contributed by atoms with Crippen LogP contribution in [0.15, 0.2) is 55.1 Å². The highest BCUT2D eigenvalue weighted by Gasteiger charge is 2.08. The summed E-state index contributed by atoms with van der Waals surface area (Å²) in [7, 11) is 0. The topological polar surface area (TPSA) is 57.0 Å². The van der Waals surface area contributed by atoms with Gasteiger partial charge in [0, 0.05) is 0 Å². The molecule has 1 aromatic heterocycles. The van der Waals surface area contributed by atoms with Crippen LogP contribution in [-0.2, 0) is 17.9 Å². The fourth-order valence-corrected chi connectivity index (χ4v) is 2.43. The molecule has 2 aromatic carbocycles. The van der Waals surface area contributed by atoms with Gasteiger partial charge in [0.2, 0.25) is 0 Å². The lowest BCUT2D eigenvalue weighted by molar-refractivity contribution is 0.0472. The van der Waals surface area contributed by atoms with Gasteiger partial charge in [-0.25, -0.2) is 14.5 Å². The van der Waals surface area contributed by atoms with Gasteiger partial charge >= 0.3 is 5.97 Å². The van der Waals surface area contributed by atoms with Crippen LogP contribution < -0.4 is 0 Å². The normalized spacial score (nSPS) is 10.6. The molecule has 0 atom stereocenters. The zero-order valence-corrected chi connectivity index (χ0v) is 14.0. The average Bonchev–Trinajstić information content (AvgIpc) is 3.09. The monoisotopic (exact) mass is 361 g/mol. The average molecular weight is 362 g/mol. The zero-order chi connectivity index (χ0) is 16.9. The molecule has 0 unspecified atom stereocenters. The quantitative estimate of drug-likeness (QED) is 0.644. The molecule has 3 aromatic rings. The second kappa shape index (κ2) is 7.47. The maximum absolute atomic E-state index is 12.1. The summed E-state index contributed by atoms with van der Waals surface area (Å²) in [5.41, 5.74) is 2.28. The van der Waals surface area contributed by atoms with Crippen LogP contribution >= 0.6 is 23.2 Å². The molecule has 0 saturated carbocycles. The van der Waals surface area contributed by atoms with E-state index in [9.17, 15) is 4.79 Å². The summed E-state index contributed by atoms with van der Waals surface area (Å²) >= 11 is 11.8. The Balaban J connectivity index is 1.59. The zero-order valence-electron chi connectivity index (χ0n) is 12.5. The van der Waals surface area contributed by atoms with Gasteiger partial charge in [-0.15, -0.1) is 0 Å². The minimum absolute atomic E-state index is 0.135. The van der Waals surface area contributed by atoms with Crippen molar-refractivity contribution in [2.75, 3.05) is 0 Å². The van der Waals surface area contributed by atoms with E-state index < -0.39 is 5.97 Å². The summed E-state index contributed by atoms with van der Waals surface area (Å²) in [5, 5.41) is 4.94. The highest BCUT2D eigenvalue weighted by Crippen LogP contribution is 2.23. The molecule has 0 fully saturated rings. The number of hydrogen-bond donors (Lipinski definition) is 0. The Morgan fingerprint density at radius 2 is 1.79 bits per heavy atom. The van der Waals surface area contributed by atoms with Crippen molar-refractivity contribution in [3.63, 3.8) is 0 Å². The van der Waals surface area contributed by atoms with Gasteiger partial charge in [-0.1, -0.05) is 41.4 Å². The number of benzene rings is 2. The molecule has 3 rings (SSSR count). The summed E-state index contributed by atoms with van der Waals surface area (Å²) in [4.78, 5) is 16.0. The van der Waals surface area contributed by atoms with Crippen molar-refractivity contribution in [3.05, 3.63) is 81.9 Å². The van der Waals surface area contributed by atoms with E-state index in [1.807, 2.05) is 12.1 Å². The molecular formula is C17H13Cl2N3O2. The number of esters is 1. The van der Waals surface area contributed by atoms with Gasteiger partial charge in [-0.05, 0) is 35.4 Å². The van der Waals surface area contributed by atoms with Gasteiger partial charge < -0.3 is 4.74 Å². The molecule has 1 heterocycles. The third-order valence-corrected chi connectivity index (χ3v) is 4.09. The van der Waals surface area contributed by atoms with Gasteiger partial charge in [0.1, 0.15) is 19.3 Å². The van der Waals surface area contributed by atoms with Gasteiger partial charge in [0.05, 0.1) is 22.2 Å². The van der Waals surface area contributed by atoms with Crippen molar-refractivity contribution in [1.29, 1.82) is 0 Å². The molecule has 0 radical (unpaired) electrons. The number of aromatic nitrogens is 3. The molecule has 0 bridgehead atoms. The smallest absolute Gasteiger partial charge is 0.338 e. The number of ether oxygens (including phenoxy) is 1. The van der Waals surface area contributed by atoms with Crippen LogP contribution in [0, 0.1) is 0 Å². The molecular weight excluding hydrogens is 349 g/mol. The summed E-state index contributed by atoms with van der Waals surface area (Å²) in [6, 6.07) is 12.3. The van der Waals surface area contributed by atoms with E-state index in [0.717, 1.165) is 11.1 Å². The van der Waals surface area contributed by atoms with Gasteiger partial charge in [-0.2, -0.15) is 5.10 Å². The first-order chi connectivity index (χ1) is 11.6. The van der Waals surface area contributed by atoms with E-state index in [1.165, 1.54) is 6.33 Å². The lowest BCUT2D eigenvalue weighted by Gasteiger charge is -2.07. The van der Waals surface area contributed by atoms with E-state index in [4.69, 9.17) is 27.9 Å². The van der Waals surface area contributed by atoms with Crippen molar-refractivity contribution >= 4 is 29.2 Å². The van der Waals surface area contributed by atoms with Crippen molar-refractivity contribution in [3.8, 4) is 0 Å². The Morgan fingerprint density at radius 3 is 2.46 bits per heavy atom. The molecule has 122 valence electrons. The van der Waals surface area contributed by atoms with Crippen LogP contribution in [0.3, 0.4) is 0 Å². The van der Waals surface area contributed by atoms with Crippen molar-refractivity contribution in [2.24, 2.45) is 0 Å². The summed E-state index contributed by atoms with van der Waals surface area (Å²) in [5.74, 6) is -0.395. The second-order valence-corrected chi connectivity index (χ2v) is 5.93. The van der Waals surface area contributed by atoms with E-state index >= 15 is 0 Å². The van der Waals surface area contributed by atoms with Gasteiger partial charge in [0.25, 0.3) is 0 Å². The highest BCUT2D eigenvalue weighted by molar-refractivity contribution is 6.42. The number of hydrogen-bond acceptors (Lipinski definition) is 4. The minimum Gasteiger partial charge on any atom is -0.457 e. The maximum Gasteiger partial charge on any atom is 0.338 e. The fourth-order valence-electron chi connectivity index (χ4n) is 2.11. The number of carbonyl (C=O) groups excluding carboxylic acids is 1. The van der Waals surface area contributed by atoms with Gasteiger partial charge in [0.15, 0.2) is 0 Å². The molecule has 24 heavy (non-hydrogen) atoms. The van der Waals surface area contributed by atoms with Crippen molar-refractivity contribution in [1.82, 2.24) is 14.8 Å². The molecule has 0 aliphatic carbocycles. The molecule has 0 N–H and O–H groups in total. The summed E-state index contributed by atoms with van der Waals surface area (Å²) in [6.45, 7) is 0.731. The molecule has 0 spiro atoms. The van der Waals surface area contributed by atoms with E-state index in [0.29, 0.717) is 22.2 Å². The first-order valence-electron chi connectivity index (χ1n) is 7.14. The second-order valence-electron chi connectivity index (χ2n) is 5.11. The van der Waals surface area contributed by atoms with Crippen LogP contribution in [0.5, 0.6) is 0 Å². The van der Waals surface area contributed by atoms with Crippen LogP contribution in [0.2, 0.25) is 10.0 Å². The number of nitrogens with zero attached hydrogens (tertiary/aromatic N) is 3. The fraction of sp³-hybridized carbons (Fsp3) is 0.118. The Labute approximate surface area is 148 Å². The molecule has 0 saturated heterocycles.